The predicted molar refractivity (Wildman–Crippen MR) is 114 cm³/mol. The van der Waals surface area contributed by atoms with Crippen LogP contribution in [0.25, 0.3) is 0 Å². The fraction of sp³-hybridized carbons (Fsp3) is 0.944. The molecule has 0 spiro atoms. The molecule has 0 aromatic carbocycles. The SMILES string of the molecule is CCNC(=NCCCOCC1CCOC1)NC(C)COC1CCOC1.I. The lowest BCUT2D eigenvalue weighted by Crippen LogP contribution is -2.44. The quantitative estimate of drug-likeness (QED) is 0.201. The van der Waals surface area contributed by atoms with Crippen LogP contribution in [0.15, 0.2) is 4.99 Å². The molecule has 0 aromatic heterocycles. The maximum Gasteiger partial charge on any atom is 0.191 e. The van der Waals surface area contributed by atoms with Crippen molar-refractivity contribution in [3.05, 3.63) is 0 Å². The minimum absolute atomic E-state index is 0. The highest BCUT2D eigenvalue weighted by molar-refractivity contribution is 14.0. The molecule has 154 valence electrons. The van der Waals surface area contributed by atoms with Crippen LogP contribution >= 0.6 is 24.0 Å². The van der Waals surface area contributed by atoms with E-state index in [-0.39, 0.29) is 36.1 Å². The average molecular weight is 485 g/mol. The highest BCUT2D eigenvalue weighted by Crippen LogP contribution is 2.12. The van der Waals surface area contributed by atoms with Crippen LogP contribution in [0.1, 0.15) is 33.1 Å². The number of nitrogens with zero attached hydrogens (tertiary/aromatic N) is 1. The molecular formula is C18H36IN3O4. The van der Waals surface area contributed by atoms with Gasteiger partial charge in [-0.1, -0.05) is 0 Å². The summed E-state index contributed by atoms with van der Waals surface area (Å²) in [4.78, 5) is 4.61. The Morgan fingerprint density at radius 3 is 2.73 bits per heavy atom. The third kappa shape index (κ3) is 10.2. The Morgan fingerprint density at radius 1 is 1.23 bits per heavy atom. The van der Waals surface area contributed by atoms with Crippen molar-refractivity contribution >= 4 is 29.9 Å². The van der Waals surface area contributed by atoms with Gasteiger partial charge in [0.05, 0.1) is 32.5 Å². The molecule has 3 atom stereocenters. The summed E-state index contributed by atoms with van der Waals surface area (Å²) in [5.74, 6) is 1.42. The van der Waals surface area contributed by atoms with Crippen molar-refractivity contribution in [2.24, 2.45) is 10.9 Å². The number of halogens is 1. The van der Waals surface area contributed by atoms with E-state index in [0.29, 0.717) is 19.1 Å². The summed E-state index contributed by atoms with van der Waals surface area (Å²) in [6.45, 7) is 11.2. The lowest BCUT2D eigenvalue weighted by atomic mass is 10.1. The van der Waals surface area contributed by atoms with Crippen molar-refractivity contribution in [3.63, 3.8) is 0 Å². The average Bonchev–Trinajstić information content (AvgIpc) is 3.29. The predicted octanol–water partition coefficient (Wildman–Crippen LogP) is 1.80. The number of hydrogen-bond donors (Lipinski definition) is 2. The molecule has 2 rings (SSSR count). The molecule has 3 unspecified atom stereocenters. The number of hydrogen-bond acceptors (Lipinski definition) is 5. The van der Waals surface area contributed by atoms with Crippen molar-refractivity contribution < 1.29 is 18.9 Å². The monoisotopic (exact) mass is 485 g/mol. The summed E-state index contributed by atoms with van der Waals surface area (Å²) in [5, 5.41) is 6.67. The van der Waals surface area contributed by atoms with Gasteiger partial charge in [-0.3, -0.25) is 4.99 Å². The zero-order chi connectivity index (χ0) is 17.7. The summed E-state index contributed by atoms with van der Waals surface area (Å²) in [5.41, 5.74) is 0. The lowest BCUT2D eigenvalue weighted by Gasteiger charge is -2.19. The van der Waals surface area contributed by atoms with Gasteiger partial charge in [0.2, 0.25) is 0 Å². The number of aliphatic imine (C=N–C) groups is 1. The van der Waals surface area contributed by atoms with Crippen molar-refractivity contribution in [1.82, 2.24) is 10.6 Å². The summed E-state index contributed by atoms with van der Waals surface area (Å²) in [6, 6.07) is 0.206. The molecule has 2 aliphatic rings. The zero-order valence-corrected chi connectivity index (χ0v) is 18.5. The Kier molecular flexibility index (Phi) is 13.6. The summed E-state index contributed by atoms with van der Waals surface area (Å²) in [7, 11) is 0. The van der Waals surface area contributed by atoms with Crippen LogP contribution in [0.3, 0.4) is 0 Å². The minimum Gasteiger partial charge on any atom is -0.381 e. The lowest BCUT2D eigenvalue weighted by molar-refractivity contribution is 0.0347. The number of rotatable bonds is 11. The Bertz CT molecular complexity index is 375. The molecule has 26 heavy (non-hydrogen) atoms. The third-order valence-electron chi connectivity index (χ3n) is 4.29. The Hall–Kier alpha value is -0.160. The van der Waals surface area contributed by atoms with Gasteiger partial charge in [0.15, 0.2) is 5.96 Å². The molecular weight excluding hydrogens is 449 g/mol. The van der Waals surface area contributed by atoms with Crippen molar-refractivity contribution in [3.8, 4) is 0 Å². The minimum atomic E-state index is 0. The van der Waals surface area contributed by atoms with Gasteiger partial charge in [-0.05, 0) is 33.1 Å². The van der Waals surface area contributed by atoms with Gasteiger partial charge in [-0.25, -0.2) is 0 Å². The van der Waals surface area contributed by atoms with E-state index in [1.54, 1.807) is 0 Å². The number of nitrogens with one attached hydrogen (secondary N) is 2. The largest absolute Gasteiger partial charge is 0.381 e. The van der Waals surface area contributed by atoms with E-state index in [1.807, 2.05) is 0 Å². The van der Waals surface area contributed by atoms with E-state index >= 15 is 0 Å². The maximum atomic E-state index is 5.85. The first-order valence-electron chi connectivity index (χ1n) is 9.67. The van der Waals surface area contributed by atoms with Crippen molar-refractivity contribution in [2.45, 2.75) is 45.3 Å². The maximum absolute atomic E-state index is 5.85. The summed E-state index contributed by atoms with van der Waals surface area (Å²) >= 11 is 0. The Labute approximate surface area is 175 Å². The normalized spacial score (nSPS) is 24.3. The molecule has 0 amide bonds. The number of ether oxygens (including phenoxy) is 4. The standard InChI is InChI=1S/C18H35N3O4.HI/c1-3-19-18(21-15(2)11-25-17-6-10-24-14-17)20-7-4-8-22-12-16-5-9-23-13-16;/h15-17H,3-14H2,1-2H3,(H2,19,20,21);1H. The summed E-state index contributed by atoms with van der Waals surface area (Å²) in [6.07, 6.45) is 3.29. The Morgan fingerprint density at radius 2 is 2.04 bits per heavy atom. The van der Waals surface area contributed by atoms with Gasteiger partial charge in [-0.15, -0.1) is 24.0 Å². The first kappa shape index (κ1) is 23.9. The van der Waals surface area contributed by atoms with Gasteiger partial charge in [0, 0.05) is 44.9 Å². The molecule has 0 bridgehead atoms. The van der Waals surface area contributed by atoms with Crippen LogP contribution in [0, 0.1) is 5.92 Å². The van der Waals surface area contributed by atoms with E-state index in [1.165, 1.54) is 0 Å². The molecule has 7 nitrogen and oxygen atoms in total. The second-order valence-corrected chi connectivity index (χ2v) is 6.78. The topological polar surface area (TPSA) is 73.3 Å². The smallest absolute Gasteiger partial charge is 0.191 e. The molecule has 0 aliphatic carbocycles. The number of guanidine groups is 1. The van der Waals surface area contributed by atoms with Gasteiger partial charge in [-0.2, -0.15) is 0 Å². The first-order chi connectivity index (χ1) is 12.3. The van der Waals surface area contributed by atoms with Gasteiger partial charge in [0.25, 0.3) is 0 Å². The third-order valence-corrected chi connectivity index (χ3v) is 4.29. The van der Waals surface area contributed by atoms with E-state index in [0.717, 1.165) is 71.3 Å². The molecule has 2 aliphatic heterocycles. The zero-order valence-electron chi connectivity index (χ0n) is 16.2. The molecule has 8 heteroatoms. The van der Waals surface area contributed by atoms with Crippen LogP contribution in [-0.2, 0) is 18.9 Å². The van der Waals surface area contributed by atoms with Crippen LogP contribution in [0.5, 0.6) is 0 Å². The molecule has 2 N–H and O–H groups in total. The van der Waals surface area contributed by atoms with E-state index < -0.39 is 0 Å². The second-order valence-electron chi connectivity index (χ2n) is 6.78. The molecule has 2 fully saturated rings. The molecule has 0 saturated carbocycles. The highest BCUT2D eigenvalue weighted by atomic mass is 127. The first-order valence-corrected chi connectivity index (χ1v) is 9.67. The van der Waals surface area contributed by atoms with Crippen molar-refractivity contribution in [1.29, 1.82) is 0 Å². The molecule has 0 aromatic rings. The molecule has 2 heterocycles. The van der Waals surface area contributed by atoms with Gasteiger partial charge >= 0.3 is 0 Å². The van der Waals surface area contributed by atoms with E-state index in [9.17, 15) is 0 Å². The van der Waals surface area contributed by atoms with Crippen LogP contribution in [-0.4, -0.2) is 77.4 Å². The van der Waals surface area contributed by atoms with Crippen LogP contribution < -0.4 is 10.6 Å². The molecule has 2 saturated heterocycles. The second kappa shape index (κ2) is 14.8. The highest BCUT2D eigenvalue weighted by Gasteiger charge is 2.17. The Balaban J connectivity index is 0.00000338. The van der Waals surface area contributed by atoms with Gasteiger partial charge < -0.3 is 29.6 Å². The summed E-state index contributed by atoms with van der Waals surface area (Å²) < 4.78 is 22.2. The van der Waals surface area contributed by atoms with E-state index in [2.05, 4.69) is 29.5 Å². The fourth-order valence-corrected chi connectivity index (χ4v) is 2.84. The molecule has 0 radical (unpaired) electrons. The van der Waals surface area contributed by atoms with Crippen molar-refractivity contribution in [2.75, 3.05) is 59.3 Å². The van der Waals surface area contributed by atoms with Gasteiger partial charge in [0.1, 0.15) is 0 Å². The van der Waals surface area contributed by atoms with Crippen LogP contribution in [0.2, 0.25) is 0 Å². The van der Waals surface area contributed by atoms with E-state index in [4.69, 9.17) is 18.9 Å². The fourth-order valence-electron chi connectivity index (χ4n) is 2.84. The van der Waals surface area contributed by atoms with Crippen LogP contribution in [0.4, 0.5) is 0 Å².